The van der Waals surface area contributed by atoms with Crippen LogP contribution in [0.2, 0.25) is 0 Å². The summed E-state index contributed by atoms with van der Waals surface area (Å²) in [5.74, 6) is 1.91. The molecule has 5 rings (SSSR count). The summed E-state index contributed by atoms with van der Waals surface area (Å²) in [5.41, 5.74) is 1.91. The van der Waals surface area contributed by atoms with Gasteiger partial charge in [0.25, 0.3) is 5.56 Å². The lowest BCUT2D eigenvalue weighted by atomic mass is 10.1. The van der Waals surface area contributed by atoms with Crippen LogP contribution in [0.25, 0.3) is 16.0 Å². The average molecular weight is 595 g/mol. The van der Waals surface area contributed by atoms with E-state index in [1.165, 1.54) is 27.7 Å². The second-order valence-corrected chi connectivity index (χ2v) is 11.2. The molecule has 0 saturated heterocycles. The Balaban J connectivity index is 1.36. The predicted molar refractivity (Wildman–Crippen MR) is 159 cm³/mol. The summed E-state index contributed by atoms with van der Waals surface area (Å²) in [6.45, 7) is 0.800. The van der Waals surface area contributed by atoms with Crippen molar-refractivity contribution in [2.75, 3.05) is 26.5 Å². The number of nitrogens with one attached hydrogen (secondary N) is 1. The second-order valence-electron chi connectivity index (χ2n) is 8.63. The van der Waals surface area contributed by atoms with Crippen molar-refractivity contribution >= 4 is 51.6 Å². The van der Waals surface area contributed by atoms with Gasteiger partial charge in [-0.15, -0.1) is 0 Å². The number of rotatable bonds is 11. The monoisotopic (exact) mass is 594 g/mol. The van der Waals surface area contributed by atoms with Gasteiger partial charge in [-0.2, -0.15) is 0 Å². The maximum Gasteiger partial charge on any atom is 0.278 e. The third-order valence-electron chi connectivity index (χ3n) is 6.08. The largest absolute Gasteiger partial charge is 0.493 e. The van der Waals surface area contributed by atoms with Crippen LogP contribution >= 0.6 is 35.3 Å². The van der Waals surface area contributed by atoms with E-state index >= 15 is 0 Å². The number of aromatic nitrogens is 3. The molecule has 2 aromatic carbocycles. The number of fused-ring (bicyclic) bond motifs is 1. The van der Waals surface area contributed by atoms with E-state index in [1.54, 1.807) is 31.1 Å². The van der Waals surface area contributed by atoms with E-state index in [4.69, 9.17) is 31.1 Å². The summed E-state index contributed by atoms with van der Waals surface area (Å²) in [7, 11) is 3.18. The van der Waals surface area contributed by atoms with Crippen molar-refractivity contribution in [2.24, 2.45) is 0 Å². The van der Waals surface area contributed by atoms with Crippen LogP contribution in [0.4, 0.5) is 0 Å². The Kier molecular flexibility index (Phi) is 8.68. The highest BCUT2D eigenvalue weighted by Crippen LogP contribution is 2.28. The molecule has 0 bridgehead atoms. The minimum Gasteiger partial charge on any atom is -0.493 e. The number of thioether (sulfide) groups is 1. The van der Waals surface area contributed by atoms with Crippen LogP contribution in [-0.2, 0) is 17.8 Å². The molecular weight excluding hydrogens is 569 g/mol. The smallest absolute Gasteiger partial charge is 0.278 e. The second kappa shape index (κ2) is 12.5. The summed E-state index contributed by atoms with van der Waals surface area (Å²) >= 11 is 8.00. The topological polar surface area (TPSA) is 101 Å². The van der Waals surface area contributed by atoms with Crippen molar-refractivity contribution in [1.82, 2.24) is 19.4 Å². The SMILES string of the molecule is COc1ccc(CCNC(=O)CSc2nc3c(sc(=S)n3Cc3ccco3)c(=O)n2-c2ccccc2)cc1OC. The molecule has 0 radical (unpaired) electrons. The van der Waals surface area contributed by atoms with Gasteiger partial charge in [0.1, 0.15) is 10.5 Å². The van der Waals surface area contributed by atoms with Gasteiger partial charge in [0.2, 0.25) is 5.91 Å². The zero-order chi connectivity index (χ0) is 28.1. The lowest BCUT2D eigenvalue weighted by molar-refractivity contribution is -0.118. The third kappa shape index (κ3) is 5.98. The fourth-order valence-electron chi connectivity index (χ4n) is 4.14. The minimum absolute atomic E-state index is 0.0831. The first-order valence-corrected chi connectivity index (χ1v) is 14.5. The number of carbonyl (C=O) groups excluding carboxylic acids is 1. The Morgan fingerprint density at radius 3 is 2.62 bits per heavy atom. The van der Waals surface area contributed by atoms with Gasteiger partial charge in [0.05, 0.1) is 38.5 Å². The van der Waals surface area contributed by atoms with E-state index in [9.17, 15) is 9.59 Å². The van der Waals surface area contributed by atoms with Crippen LogP contribution in [0.15, 0.2) is 81.3 Å². The summed E-state index contributed by atoms with van der Waals surface area (Å²) in [4.78, 5) is 31.3. The number of methoxy groups -OCH3 is 2. The van der Waals surface area contributed by atoms with Gasteiger partial charge in [-0.1, -0.05) is 47.4 Å². The average Bonchev–Trinajstić information content (AvgIpc) is 3.60. The van der Waals surface area contributed by atoms with Gasteiger partial charge in [-0.05, 0) is 60.6 Å². The Morgan fingerprint density at radius 2 is 1.90 bits per heavy atom. The molecule has 0 fully saturated rings. The fraction of sp³-hybridized carbons (Fsp3) is 0.214. The van der Waals surface area contributed by atoms with Crippen LogP contribution in [0.5, 0.6) is 11.5 Å². The molecule has 3 heterocycles. The lowest BCUT2D eigenvalue weighted by Crippen LogP contribution is -2.28. The van der Waals surface area contributed by atoms with Crippen LogP contribution in [0.3, 0.4) is 0 Å². The molecule has 5 aromatic rings. The van der Waals surface area contributed by atoms with Gasteiger partial charge in [0.15, 0.2) is 26.3 Å². The molecule has 0 spiro atoms. The number of hydrogen-bond acceptors (Lipinski definition) is 9. The molecule has 0 saturated carbocycles. The predicted octanol–water partition coefficient (Wildman–Crippen LogP) is 5.09. The van der Waals surface area contributed by atoms with Gasteiger partial charge in [-0.3, -0.25) is 18.7 Å². The van der Waals surface area contributed by atoms with E-state index in [-0.39, 0.29) is 17.2 Å². The first kappa shape index (κ1) is 27.7. The highest BCUT2D eigenvalue weighted by atomic mass is 32.2. The molecular formula is C28H26N4O5S3. The highest BCUT2D eigenvalue weighted by Gasteiger charge is 2.19. The molecule has 3 aromatic heterocycles. The van der Waals surface area contributed by atoms with Gasteiger partial charge >= 0.3 is 0 Å². The number of ether oxygens (including phenoxy) is 2. The van der Waals surface area contributed by atoms with Gasteiger partial charge < -0.3 is 19.2 Å². The maximum atomic E-state index is 13.7. The van der Waals surface area contributed by atoms with E-state index in [2.05, 4.69) is 5.32 Å². The lowest BCUT2D eigenvalue weighted by Gasteiger charge is -2.13. The number of thiazole rings is 1. The maximum absolute atomic E-state index is 13.7. The van der Waals surface area contributed by atoms with Crippen molar-refractivity contribution in [2.45, 2.75) is 18.1 Å². The summed E-state index contributed by atoms with van der Waals surface area (Å²) in [6, 6.07) is 18.6. The molecule has 12 heteroatoms. The highest BCUT2D eigenvalue weighted by molar-refractivity contribution is 7.99. The van der Waals surface area contributed by atoms with Crippen molar-refractivity contribution in [1.29, 1.82) is 0 Å². The quantitative estimate of drug-likeness (QED) is 0.128. The summed E-state index contributed by atoms with van der Waals surface area (Å²) in [5, 5.41) is 3.35. The number of hydrogen-bond donors (Lipinski definition) is 1. The zero-order valence-corrected chi connectivity index (χ0v) is 24.2. The van der Waals surface area contributed by atoms with E-state index in [0.717, 1.165) is 5.56 Å². The fourth-order valence-corrected chi connectivity index (χ4v) is 6.23. The summed E-state index contributed by atoms with van der Waals surface area (Å²) in [6.07, 6.45) is 2.22. The number of amides is 1. The van der Waals surface area contributed by atoms with Crippen molar-refractivity contribution < 1.29 is 18.7 Å². The van der Waals surface area contributed by atoms with Gasteiger partial charge in [-0.25, -0.2) is 4.98 Å². The molecule has 0 atom stereocenters. The standard InChI is InChI=1S/C28H26N4O5S3/c1-35-21-11-10-18(15-22(21)36-2)12-13-29-23(33)17-39-27-30-25-24(26(34)32(27)19-7-4-3-5-8-19)40-28(38)31(25)16-20-9-6-14-37-20/h3-11,14-15H,12-13,16-17H2,1-2H3,(H,29,33). The number of benzene rings is 2. The Bertz CT molecular complexity index is 1740. The Morgan fingerprint density at radius 1 is 1.10 bits per heavy atom. The van der Waals surface area contributed by atoms with Crippen LogP contribution in [0.1, 0.15) is 11.3 Å². The van der Waals surface area contributed by atoms with Gasteiger partial charge in [0, 0.05) is 6.54 Å². The minimum atomic E-state index is -0.234. The number of nitrogens with zero attached hydrogens (tertiary/aromatic N) is 3. The molecule has 1 N–H and O–H groups in total. The number of furan rings is 1. The van der Waals surface area contributed by atoms with Crippen LogP contribution < -0.4 is 20.3 Å². The normalized spacial score (nSPS) is 11.1. The van der Waals surface area contributed by atoms with Crippen molar-refractivity contribution in [3.05, 3.63) is 92.6 Å². The molecule has 0 unspecified atom stereocenters. The molecule has 9 nitrogen and oxygen atoms in total. The molecule has 40 heavy (non-hydrogen) atoms. The molecule has 0 aliphatic rings. The van der Waals surface area contributed by atoms with E-state index in [1.807, 2.05) is 54.6 Å². The zero-order valence-electron chi connectivity index (χ0n) is 21.8. The Labute approximate surface area is 243 Å². The van der Waals surface area contributed by atoms with Crippen molar-refractivity contribution in [3.63, 3.8) is 0 Å². The van der Waals surface area contributed by atoms with Crippen LogP contribution in [0, 0.1) is 3.95 Å². The van der Waals surface area contributed by atoms with Crippen LogP contribution in [-0.4, -0.2) is 46.5 Å². The first-order chi connectivity index (χ1) is 19.5. The first-order valence-electron chi connectivity index (χ1n) is 12.3. The number of para-hydroxylation sites is 1. The molecule has 0 aliphatic carbocycles. The number of carbonyl (C=O) groups is 1. The van der Waals surface area contributed by atoms with E-state index in [0.29, 0.717) is 61.9 Å². The van der Waals surface area contributed by atoms with Crippen molar-refractivity contribution in [3.8, 4) is 17.2 Å². The molecule has 206 valence electrons. The molecule has 1 amide bonds. The molecule has 0 aliphatic heterocycles. The third-order valence-corrected chi connectivity index (χ3v) is 8.45. The Hall–Kier alpha value is -3.87. The summed E-state index contributed by atoms with van der Waals surface area (Å²) < 4.78 is 20.4. The van der Waals surface area contributed by atoms with E-state index < -0.39 is 0 Å².